The summed E-state index contributed by atoms with van der Waals surface area (Å²) in [4.78, 5) is -0.234. The molecule has 1 rings (SSSR count). The number of hydrogen-bond donors (Lipinski definition) is 2. The summed E-state index contributed by atoms with van der Waals surface area (Å²) in [6, 6.07) is 4.52. The van der Waals surface area contributed by atoms with Gasteiger partial charge in [0.25, 0.3) is 0 Å². The molecule has 0 aliphatic rings. The second-order valence-corrected chi connectivity index (χ2v) is 5.70. The molecule has 3 N–H and O–H groups in total. The van der Waals surface area contributed by atoms with Gasteiger partial charge in [-0.15, -0.1) is 0 Å². The first kappa shape index (κ1) is 14.8. The van der Waals surface area contributed by atoms with E-state index in [4.69, 9.17) is 22.0 Å². The van der Waals surface area contributed by atoms with E-state index in [0.717, 1.165) is 12.8 Å². The Hall–Kier alpha value is -1.29. The first-order valence-corrected chi connectivity index (χ1v) is 7.33. The summed E-state index contributed by atoms with van der Waals surface area (Å²) in [6.07, 6.45) is 1.96. The van der Waals surface area contributed by atoms with Crippen molar-refractivity contribution in [2.45, 2.75) is 24.7 Å². The number of unbranched alkanes of at least 4 members (excludes halogenated alkanes) is 1. The molecule has 98 valence electrons. The van der Waals surface area contributed by atoms with Crippen molar-refractivity contribution < 1.29 is 8.42 Å². The summed E-state index contributed by atoms with van der Waals surface area (Å²) in [7, 11) is -3.92. The molecule has 0 atom stereocenters. The Morgan fingerprint density at radius 3 is 2.67 bits per heavy atom. The van der Waals surface area contributed by atoms with Crippen molar-refractivity contribution in [3.63, 3.8) is 0 Å². The standard InChI is InChI=1S/C11H14ClN3O2S/c1-2-3-4-15-10-6-9(12)11(18(14,16)17)5-8(10)7-13/h5-6,15H,2-4H2,1H3,(H2,14,16,17). The normalized spacial score (nSPS) is 11.0. The molecule has 1 aromatic carbocycles. The lowest BCUT2D eigenvalue weighted by Gasteiger charge is -2.10. The van der Waals surface area contributed by atoms with Crippen LogP contribution in [0.4, 0.5) is 5.69 Å². The Bertz CT molecular complexity index is 579. The first-order chi connectivity index (χ1) is 8.40. The van der Waals surface area contributed by atoms with Crippen LogP contribution in [0.15, 0.2) is 17.0 Å². The summed E-state index contributed by atoms with van der Waals surface area (Å²) in [5.41, 5.74) is 0.725. The molecule has 0 heterocycles. The van der Waals surface area contributed by atoms with E-state index in [1.807, 2.05) is 13.0 Å². The summed E-state index contributed by atoms with van der Waals surface area (Å²) >= 11 is 5.85. The van der Waals surface area contributed by atoms with E-state index in [2.05, 4.69) is 5.32 Å². The second-order valence-electron chi connectivity index (χ2n) is 3.77. The van der Waals surface area contributed by atoms with E-state index in [-0.39, 0.29) is 15.5 Å². The zero-order chi connectivity index (χ0) is 13.8. The Labute approximate surface area is 112 Å². The maximum atomic E-state index is 11.3. The van der Waals surface area contributed by atoms with Crippen LogP contribution in [0.1, 0.15) is 25.3 Å². The van der Waals surface area contributed by atoms with Crippen LogP contribution < -0.4 is 10.5 Å². The van der Waals surface area contributed by atoms with Crippen LogP contribution in [0, 0.1) is 11.3 Å². The van der Waals surface area contributed by atoms with Crippen LogP contribution in [-0.4, -0.2) is 15.0 Å². The molecule has 7 heteroatoms. The van der Waals surface area contributed by atoms with Crippen LogP contribution >= 0.6 is 11.6 Å². The van der Waals surface area contributed by atoms with E-state index >= 15 is 0 Å². The van der Waals surface area contributed by atoms with Crippen molar-refractivity contribution in [3.8, 4) is 6.07 Å². The van der Waals surface area contributed by atoms with E-state index in [9.17, 15) is 8.42 Å². The number of rotatable bonds is 5. The number of nitrogens with zero attached hydrogens (tertiary/aromatic N) is 1. The third-order valence-corrected chi connectivity index (χ3v) is 3.72. The fourth-order valence-corrected chi connectivity index (χ4v) is 2.51. The average Bonchev–Trinajstić information content (AvgIpc) is 2.28. The van der Waals surface area contributed by atoms with Gasteiger partial charge in [0.05, 0.1) is 16.3 Å². The van der Waals surface area contributed by atoms with Gasteiger partial charge in [-0.25, -0.2) is 13.6 Å². The van der Waals surface area contributed by atoms with E-state index in [0.29, 0.717) is 12.2 Å². The summed E-state index contributed by atoms with van der Waals surface area (Å²) < 4.78 is 22.5. The van der Waals surface area contributed by atoms with Crippen molar-refractivity contribution >= 4 is 27.3 Å². The molecular weight excluding hydrogens is 274 g/mol. The number of primary sulfonamides is 1. The van der Waals surface area contributed by atoms with Gasteiger partial charge in [0.15, 0.2) is 0 Å². The van der Waals surface area contributed by atoms with Crippen molar-refractivity contribution in [1.29, 1.82) is 5.26 Å². The number of benzene rings is 1. The van der Waals surface area contributed by atoms with Crippen molar-refractivity contribution in [2.24, 2.45) is 5.14 Å². The molecule has 0 aromatic heterocycles. The van der Waals surface area contributed by atoms with Gasteiger partial charge in [0, 0.05) is 6.54 Å². The van der Waals surface area contributed by atoms with Crippen LogP contribution in [0.5, 0.6) is 0 Å². The minimum absolute atomic E-state index is 0.00972. The Balaban J connectivity index is 3.16. The number of hydrogen-bond acceptors (Lipinski definition) is 4. The van der Waals surface area contributed by atoms with Gasteiger partial charge in [-0.3, -0.25) is 0 Å². The smallest absolute Gasteiger partial charge is 0.239 e. The third kappa shape index (κ3) is 3.60. The van der Waals surface area contributed by atoms with Crippen LogP contribution in [0.25, 0.3) is 0 Å². The largest absolute Gasteiger partial charge is 0.384 e. The molecule has 0 amide bonds. The van der Waals surface area contributed by atoms with E-state index in [1.54, 1.807) is 0 Å². The predicted octanol–water partition coefficient (Wildman–Crippen LogP) is 2.07. The van der Waals surface area contributed by atoms with Gasteiger partial charge in [-0.05, 0) is 18.6 Å². The van der Waals surface area contributed by atoms with Gasteiger partial charge in [0.1, 0.15) is 11.0 Å². The third-order valence-electron chi connectivity index (χ3n) is 2.34. The van der Waals surface area contributed by atoms with Gasteiger partial charge in [0.2, 0.25) is 10.0 Å². The number of nitrogens with one attached hydrogen (secondary N) is 1. The van der Waals surface area contributed by atoms with Crippen molar-refractivity contribution in [3.05, 3.63) is 22.7 Å². The maximum absolute atomic E-state index is 11.3. The fourth-order valence-electron chi connectivity index (χ4n) is 1.41. The molecule has 0 unspecified atom stereocenters. The molecule has 0 radical (unpaired) electrons. The molecule has 18 heavy (non-hydrogen) atoms. The lowest BCUT2D eigenvalue weighted by Crippen LogP contribution is -2.13. The average molecular weight is 288 g/mol. The quantitative estimate of drug-likeness (QED) is 0.810. The molecule has 0 aliphatic carbocycles. The molecule has 0 bridgehead atoms. The first-order valence-electron chi connectivity index (χ1n) is 5.40. The topological polar surface area (TPSA) is 96.0 Å². The van der Waals surface area contributed by atoms with Crippen LogP contribution in [0.2, 0.25) is 5.02 Å². The van der Waals surface area contributed by atoms with Gasteiger partial charge in [-0.2, -0.15) is 5.26 Å². The predicted molar refractivity (Wildman–Crippen MR) is 70.9 cm³/mol. The molecule has 0 fully saturated rings. The molecule has 0 saturated heterocycles. The van der Waals surface area contributed by atoms with E-state index < -0.39 is 10.0 Å². The molecule has 0 spiro atoms. The summed E-state index contributed by atoms with van der Waals surface area (Å²) in [5.74, 6) is 0. The lowest BCUT2D eigenvalue weighted by atomic mass is 10.2. The molecule has 0 saturated carbocycles. The van der Waals surface area contributed by atoms with Gasteiger partial charge >= 0.3 is 0 Å². The molecule has 1 aromatic rings. The molecule has 0 aliphatic heterocycles. The summed E-state index contributed by atoms with van der Waals surface area (Å²) in [6.45, 7) is 2.74. The second kappa shape index (κ2) is 6.05. The molecular formula is C11H14ClN3O2S. The number of nitriles is 1. The van der Waals surface area contributed by atoms with Crippen molar-refractivity contribution in [2.75, 3.05) is 11.9 Å². The SMILES string of the molecule is CCCCNc1cc(Cl)c(S(N)(=O)=O)cc1C#N. The summed E-state index contributed by atoms with van der Waals surface area (Å²) in [5, 5.41) is 17.0. The number of halogens is 1. The van der Waals surface area contributed by atoms with Gasteiger partial charge in [-0.1, -0.05) is 24.9 Å². The highest BCUT2D eigenvalue weighted by atomic mass is 35.5. The highest BCUT2D eigenvalue weighted by molar-refractivity contribution is 7.89. The Morgan fingerprint density at radius 1 is 1.50 bits per heavy atom. The van der Waals surface area contributed by atoms with Crippen LogP contribution in [0.3, 0.4) is 0 Å². The minimum atomic E-state index is -3.92. The number of sulfonamides is 1. The van der Waals surface area contributed by atoms with Gasteiger partial charge < -0.3 is 5.32 Å². The number of anilines is 1. The van der Waals surface area contributed by atoms with E-state index in [1.165, 1.54) is 12.1 Å². The Morgan fingerprint density at radius 2 is 2.17 bits per heavy atom. The Kier molecular flexibility index (Phi) is 4.96. The monoisotopic (exact) mass is 287 g/mol. The minimum Gasteiger partial charge on any atom is -0.384 e. The number of nitrogens with two attached hydrogens (primary N) is 1. The zero-order valence-corrected chi connectivity index (χ0v) is 11.5. The highest BCUT2D eigenvalue weighted by Gasteiger charge is 2.16. The highest BCUT2D eigenvalue weighted by Crippen LogP contribution is 2.27. The van der Waals surface area contributed by atoms with Crippen molar-refractivity contribution in [1.82, 2.24) is 0 Å². The lowest BCUT2D eigenvalue weighted by molar-refractivity contribution is 0.598. The van der Waals surface area contributed by atoms with Crippen LogP contribution in [-0.2, 0) is 10.0 Å². The fraction of sp³-hybridized carbons (Fsp3) is 0.364. The zero-order valence-electron chi connectivity index (χ0n) is 9.90. The maximum Gasteiger partial charge on any atom is 0.239 e. The molecule has 5 nitrogen and oxygen atoms in total.